The molecule has 0 saturated heterocycles. The molecule has 1 aliphatic rings. The normalized spacial score (nSPS) is 19.5. The zero-order valence-corrected chi connectivity index (χ0v) is 9.53. The van der Waals surface area contributed by atoms with E-state index < -0.39 is 0 Å². The number of benzene rings is 1. The molecule has 78 valence electrons. The molecule has 2 rings (SSSR count). The van der Waals surface area contributed by atoms with Crippen molar-refractivity contribution in [3.05, 3.63) is 54.1 Å². The predicted octanol–water partition coefficient (Wildman–Crippen LogP) is 4.45. The molecule has 0 fully saturated rings. The lowest BCUT2D eigenvalue weighted by Crippen LogP contribution is -2.09. The Bertz CT molecular complexity index is 380. The summed E-state index contributed by atoms with van der Waals surface area (Å²) in [4.78, 5) is 0. The van der Waals surface area contributed by atoms with Gasteiger partial charge in [-0.05, 0) is 29.4 Å². The molecule has 0 nitrogen and oxygen atoms in total. The van der Waals surface area contributed by atoms with Crippen molar-refractivity contribution >= 4 is 5.57 Å². The molecule has 0 unspecified atom stereocenters. The first-order valence-electron chi connectivity index (χ1n) is 5.58. The van der Waals surface area contributed by atoms with Crippen LogP contribution in [0.1, 0.15) is 32.3 Å². The Morgan fingerprint density at radius 2 is 1.80 bits per heavy atom. The minimum Gasteiger partial charge on any atom is -0.0840 e. The number of allylic oxidation sites excluding steroid dienone is 4. The predicted molar refractivity (Wildman–Crippen MR) is 66.6 cm³/mol. The average molecular weight is 198 g/mol. The number of rotatable bonds is 1. The van der Waals surface area contributed by atoms with Crippen molar-refractivity contribution in [2.75, 3.05) is 0 Å². The maximum atomic E-state index is 2.33. The second kappa shape index (κ2) is 4.06. The summed E-state index contributed by atoms with van der Waals surface area (Å²) < 4.78 is 0. The Kier molecular flexibility index (Phi) is 2.77. The van der Waals surface area contributed by atoms with Crippen molar-refractivity contribution in [3.8, 4) is 0 Å². The molecule has 1 aromatic carbocycles. The van der Waals surface area contributed by atoms with Gasteiger partial charge in [-0.2, -0.15) is 0 Å². The van der Waals surface area contributed by atoms with Gasteiger partial charge in [0.2, 0.25) is 0 Å². The fraction of sp³-hybridized carbons (Fsp3) is 0.333. The largest absolute Gasteiger partial charge is 0.0840 e. The van der Waals surface area contributed by atoms with Gasteiger partial charge in [0.1, 0.15) is 0 Å². The lowest BCUT2D eigenvalue weighted by atomic mass is 9.82. The van der Waals surface area contributed by atoms with Crippen LogP contribution in [0.25, 0.3) is 5.57 Å². The summed E-state index contributed by atoms with van der Waals surface area (Å²) in [6.45, 7) is 4.67. The van der Waals surface area contributed by atoms with Gasteiger partial charge >= 0.3 is 0 Å². The maximum absolute atomic E-state index is 2.33. The van der Waals surface area contributed by atoms with E-state index in [2.05, 4.69) is 62.4 Å². The molecule has 0 atom stereocenters. The number of hydrogen-bond acceptors (Lipinski definition) is 0. The van der Waals surface area contributed by atoms with Crippen LogP contribution in [0.5, 0.6) is 0 Å². The zero-order chi connectivity index (χ0) is 10.7. The Labute approximate surface area is 92.3 Å². The highest BCUT2D eigenvalue weighted by Crippen LogP contribution is 2.35. The van der Waals surface area contributed by atoms with Crippen molar-refractivity contribution in [2.45, 2.75) is 26.7 Å². The molecular formula is C15H18. The van der Waals surface area contributed by atoms with Gasteiger partial charge in [-0.3, -0.25) is 0 Å². The fourth-order valence-electron chi connectivity index (χ4n) is 2.07. The van der Waals surface area contributed by atoms with E-state index >= 15 is 0 Å². The summed E-state index contributed by atoms with van der Waals surface area (Å²) >= 11 is 0. The Morgan fingerprint density at radius 1 is 1.07 bits per heavy atom. The second-order valence-electron chi connectivity index (χ2n) is 5.03. The van der Waals surface area contributed by atoms with Gasteiger partial charge in [-0.25, -0.2) is 0 Å². The molecule has 0 radical (unpaired) electrons. The molecule has 0 heteroatoms. The molecule has 0 heterocycles. The smallest absolute Gasteiger partial charge is 0.0218 e. The average Bonchev–Trinajstić information content (AvgIpc) is 2.41. The van der Waals surface area contributed by atoms with Gasteiger partial charge in [0, 0.05) is 0 Å². The van der Waals surface area contributed by atoms with Crippen molar-refractivity contribution in [3.63, 3.8) is 0 Å². The van der Waals surface area contributed by atoms with Crippen LogP contribution in [0.4, 0.5) is 0 Å². The summed E-state index contributed by atoms with van der Waals surface area (Å²) in [7, 11) is 0. The van der Waals surface area contributed by atoms with Crippen LogP contribution in [0.2, 0.25) is 0 Å². The zero-order valence-electron chi connectivity index (χ0n) is 9.53. The molecule has 0 amide bonds. The molecule has 0 N–H and O–H groups in total. The van der Waals surface area contributed by atoms with E-state index in [0.29, 0.717) is 5.41 Å². The van der Waals surface area contributed by atoms with Crippen LogP contribution < -0.4 is 0 Å². The first-order valence-corrected chi connectivity index (χ1v) is 5.58. The van der Waals surface area contributed by atoms with Crippen molar-refractivity contribution in [2.24, 2.45) is 5.41 Å². The van der Waals surface area contributed by atoms with E-state index in [1.807, 2.05) is 0 Å². The molecule has 0 aromatic heterocycles. The lowest BCUT2D eigenvalue weighted by Gasteiger charge is -2.23. The first-order chi connectivity index (χ1) is 7.17. The monoisotopic (exact) mass is 198 g/mol. The molecule has 15 heavy (non-hydrogen) atoms. The summed E-state index contributed by atoms with van der Waals surface area (Å²) in [6.07, 6.45) is 9.04. The van der Waals surface area contributed by atoms with Gasteiger partial charge in [-0.15, -0.1) is 0 Å². The SMILES string of the molecule is CC1(C)CC=CC=C(c2ccccc2)C1. The van der Waals surface area contributed by atoms with E-state index in [0.717, 1.165) is 6.42 Å². The second-order valence-corrected chi connectivity index (χ2v) is 5.03. The van der Waals surface area contributed by atoms with E-state index in [-0.39, 0.29) is 0 Å². The highest BCUT2D eigenvalue weighted by molar-refractivity contribution is 5.67. The molecule has 0 aliphatic heterocycles. The van der Waals surface area contributed by atoms with Crippen LogP contribution in [0.3, 0.4) is 0 Å². The van der Waals surface area contributed by atoms with Crippen LogP contribution in [0.15, 0.2) is 48.6 Å². The number of hydrogen-bond donors (Lipinski definition) is 0. The highest BCUT2D eigenvalue weighted by atomic mass is 14.2. The minimum absolute atomic E-state index is 0.384. The van der Waals surface area contributed by atoms with Gasteiger partial charge < -0.3 is 0 Å². The van der Waals surface area contributed by atoms with Crippen molar-refractivity contribution in [1.29, 1.82) is 0 Å². The molecule has 0 bridgehead atoms. The Morgan fingerprint density at radius 3 is 2.53 bits per heavy atom. The third kappa shape index (κ3) is 2.59. The standard InChI is InChI=1S/C15H18/c1-15(2)11-7-6-10-14(12-15)13-8-4-3-5-9-13/h3-10H,11-12H2,1-2H3. The molecule has 1 aromatic rings. The van der Waals surface area contributed by atoms with Crippen molar-refractivity contribution in [1.82, 2.24) is 0 Å². The molecular weight excluding hydrogens is 180 g/mol. The summed E-state index contributed by atoms with van der Waals surface area (Å²) in [6, 6.07) is 10.7. The Hall–Kier alpha value is -1.30. The highest BCUT2D eigenvalue weighted by Gasteiger charge is 2.20. The molecule has 0 saturated carbocycles. The third-order valence-electron chi connectivity index (χ3n) is 2.92. The fourth-order valence-corrected chi connectivity index (χ4v) is 2.07. The molecule has 0 spiro atoms. The van der Waals surface area contributed by atoms with Gasteiger partial charge in [0.05, 0.1) is 0 Å². The van der Waals surface area contributed by atoms with E-state index in [9.17, 15) is 0 Å². The first kappa shape index (κ1) is 10.2. The van der Waals surface area contributed by atoms with Crippen LogP contribution in [-0.4, -0.2) is 0 Å². The summed E-state index contributed by atoms with van der Waals surface area (Å²) in [5, 5.41) is 0. The molecule has 1 aliphatic carbocycles. The van der Waals surface area contributed by atoms with Crippen molar-refractivity contribution < 1.29 is 0 Å². The lowest BCUT2D eigenvalue weighted by molar-refractivity contribution is 0.384. The minimum atomic E-state index is 0.384. The van der Waals surface area contributed by atoms with Gasteiger partial charge in [0.15, 0.2) is 0 Å². The van der Waals surface area contributed by atoms with Crippen LogP contribution >= 0.6 is 0 Å². The van der Waals surface area contributed by atoms with E-state index in [1.165, 1.54) is 17.6 Å². The summed E-state index contributed by atoms with van der Waals surface area (Å²) in [5.41, 5.74) is 3.20. The van der Waals surface area contributed by atoms with E-state index in [4.69, 9.17) is 0 Å². The third-order valence-corrected chi connectivity index (χ3v) is 2.92. The summed E-state index contributed by atoms with van der Waals surface area (Å²) in [5.74, 6) is 0. The van der Waals surface area contributed by atoms with Gasteiger partial charge in [-0.1, -0.05) is 62.4 Å². The van der Waals surface area contributed by atoms with E-state index in [1.54, 1.807) is 0 Å². The van der Waals surface area contributed by atoms with Gasteiger partial charge in [0.25, 0.3) is 0 Å². The quantitative estimate of drug-likeness (QED) is 0.625. The van der Waals surface area contributed by atoms with Crippen LogP contribution in [0, 0.1) is 5.41 Å². The Balaban J connectivity index is 2.30. The maximum Gasteiger partial charge on any atom is -0.0218 e. The van der Waals surface area contributed by atoms with Crippen LogP contribution in [-0.2, 0) is 0 Å². The topological polar surface area (TPSA) is 0 Å².